The molecule has 0 spiro atoms. The third kappa shape index (κ3) is 3.16. The van der Waals surface area contributed by atoms with Crippen LogP contribution in [0.1, 0.15) is 36.6 Å². The number of benzene rings is 2. The lowest BCUT2D eigenvalue weighted by molar-refractivity contribution is 0.0472. The average molecular weight is 389 g/mol. The first-order valence-electron chi connectivity index (χ1n) is 8.69. The van der Waals surface area contributed by atoms with Crippen LogP contribution in [-0.2, 0) is 11.3 Å². The maximum absolute atomic E-state index is 12.7. The van der Waals surface area contributed by atoms with Gasteiger partial charge in [0, 0.05) is 6.07 Å². The SMILES string of the molecule is Nc1c2c(cc(=O)n1-c1ccccc1C(=O)OCc1ccccc1)C(=O)NC2=O. The fourth-order valence-electron chi connectivity index (χ4n) is 3.17. The number of ether oxygens (including phenoxy) is 1. The number of imide groups is 1. The van der Waals surface area contributed by atoms with Crippen molar-refractivity contribution in [2.24, 2.45) is 0 Å². The van der Waals surface area contributed by atoms with Gasteiger partial charge in [-0.1, -0.05) is 42.5 Å². The predicted octanol–water partition coefficient (Wildman–Crippen LogP) is 1.66. The lowest BCUT2D eigenvalue weighted by atomic mass is 10.1. The Bertz CT molecular complexity index is 1210. The molecule has 0 atom stereocenters. The molecule has 1 aliphatic rings. The summed E-state index contributed by atoms with van der Waals surface area (Å²) < 4.78 is 6.38. The maximum Gasteiger partial charge on any atom is 0.340 e. The highest BCUT2D eigenvalue weighted by Crippen LogP contribution is 2.24. The van der Waals surface area contributed by atoms with E-state index >= 15 is 0 Å². The van der Waals surface area contributed by atoms with Crippen LogP contribution in [0.5, 0.6) is 0 Å². The second-order valence-corrected chi connectivity index (χ2v) is 6.35. The third-order valence-electron chi connectivity index (χ3n) is 4.53. The van der Waals surface area contributed by atoms with Gasteiger partial charge in [0.15, 0.2) is 0 Å². The number of hydrogen-bond acceptors (Lipinski definition) is 6. The summed E-state index contributed by atoms with van der Waals surface area (Å²) in [5.41, 5.74) is 6.29. The molecule has 1 aromatic heterocycles. The van der Waals surface area contributed by atoms with E-state index in [0.717, 1.165) is 16.2 Å². The number of hydrogen-bond donors (Lipinski definition) is 2. The molecule has 0 saturated carbocycles. The molecule has 4 rings (SSSR count). The number of para-hydroxylation sites is 1. The van der Waals surface area contributed by atoms with Gasteiger partial charge in [-0.3, -0.25) is 24.3 Å². The molecule has 1 aliphatic heterocycles. The van der Waals surface area contributed by atoms with Crippen molar-refractivity contribution >= 4 is 23.6 Å². The Morgan fingerprint density at radius 1 is 0.966 bits per heavy atom. The Hall–Kier alpha value is -4.20. The first-order valence-corrected chi connectivity index (χ1v) is 8.69. The number of nitrogens with one attached hydrogen (secondary N) is 1. The molecule has 0 bridgehead atoms. The van der Waals surface area contributed by atoms with E-state index < -0.39 is 23.3 Å². The molecule has 0 aliphatic carbocycles. The van der Waals surface area contributed by atoms with E-state index in [4.69, 9.17) is 10.5 Å². The highest BCUT2D eigenvalue weighted by molar-refractivity contribution is 6.23. The largest absolute Gasteiger partial charge is 0.457 e. The van der Waals surface area contributed by atoms with E-state index in [-0.39, 0.29) is 34.8 Å². The van der Waals surface area contributed by atoms with Crippen LogP contribution in [0, 0.1) is 0 Å². The number of carbonyl (C=O) groups excluding carboxylic acids is 3. The van der Waals surface area contributed by atoms with Crippen molar-refractivity contribution in [3.05, 3.63) is 93.3 Å². The van der Waals surface area contributed by atoms with Crippen LogP contribution in [0.25, 0.3) is 5.69 Å². The number of nitrogens with zero attached hydrogens (tertiary/aromatic N) is 1. The molecule has 0 fully saturated rings. The van der Waals surface area contributed by atoms with Gasteiger partial charge in [0.1, 0.15) is 12.4 Å². The molecule has 8 heteroatoms. The van der Waals surface area contributed by atoms with E-state index in [9.17, 15) is 19.2 Å². The summed E-state index contributed by atoms with van der Waals surface area (Å²) in [4.78, 5) is 49.2. The molecule has 0 radical (unpaired) electrons. The van der Waals surface area contributed by atoms with Crippen LogP contribution in [0.2, 0.25) is 0 Å². The summed E-state index contributed by atoms with van der Waals surface area (Å²) in [5, 5.41) is 2.10. The molecule has 29 heavy (non-hydrogen) atoms. The van der Waals surface area contributed by atoms with Crippen LogP contribution in [0.15, 0.2) is 65.5 Å². The van der Waals surface area contributed by atoms with E-state index in [1.807, 2.05) is 30.3 Å². The molecule has 144 valence electrons. The molecular weight excluding hydrogens is 374 g/mol. The Kier molecular flexibility index (Phi) is 4.44. The van der Waals surface area contributed by atoms with Gasteiger partial charge in [-0.15, -0.1) is 0 Å². The fraction of sp³-hybridized carbons (Fsp3) is 0.0476. The number of nitrogen functional groups attached to an aromatic ring is 1. The normalized spacial score (nSPS) is 12.4. The van der Waals surface area contributed by atoms with Gasteiger partial charge in [-0.25, -0.2) is 4.79 Å². The minimum absolute atomic E-state index is 0.0550. The van der Waals surface area contributed by atoms with Gasteiger partial charge in [-0.2, -0.15) is 0 Å². The number of fused-ring (bicyclic) bond motifs is 1. The smallest absolute Gasteiger partial charge is 0.340 e. The van der Waals surface area contributed by atoms with Crippen LogP contribution in [0.3, 0.4) is 0 Å². The lowest BCUT2D eigenvalue weighted by Gasteiger charge is -2.15. The quantitative estimate of drug-likeness (QED) is 0.517. The minimum atomic E-state index is -0.694. The number of nitrogens with two attached hydrogens (primary N) is 1. The molecule has 0 unspecified atom stereocenters. The van der Waals surface area contributed by atoms with Crippen molar-refractivity contribution in [1.82, 2.24) is 9.88 Å². The Morgan fingerprint density at radius 3 is 2.41 bits per heavy atom. The lowest BCUT2D eigenvalue weighted by Crippen LogP contribution is -2.25. The van der Waals surface area contributed by atoms with Gasteiger partial charge in [0.05, 0.1) is 22.4 Å². The number of carbonyl (C=O) groups is 3. The van der Waals surface area contributed by atoms with Crippen molar-refractivity contribution in [2.45, 2.75) is 6.61 Å². The standard InChI is InChI=1S/C21H15N3O5/c22-18-17-14(19(26)23-20(17)27)10-16(25)24(18)15-9-5-4-8-13(15)21(28)29-11-12-6-2-1-3-7-12/h1-10H,11,22H2,(H,23,26,27). The number of amides is 2. The van der Waals surface area contributed by atoms with Crippen molar-refractivity contribution in [2.75, 3.05) is 5.73 Å². The highest BCUT2D eigenvalue weighted by Gasteiger charge is 2.32. The summed E-state index contributed by atoms with van der Waals surface area (Å²) in [5.74, 6) is -2.26. The van der Waals surface area contributed by atoms with Crippen molar-refractivity contribution < 1.29 is 19.1 Å². The van der Waals surface area contributed by atoms with Crippen molar-refractivity contribution in [3.63, 3.8) is 0 Å². The van der Waals surface area contributed by atoms with Crippen molar-refractivity contribution in [3.8, 4) is 5.69 Å². The molecule has 3 N–H and O–H groups in total. The van der Waals surface area contributed by atoms with Gasteiger partial charge >= 0.3 is 5.97 Å². The van der Waals surface area contributed by atoms with Gasteiger partial charge in [0.2, 0.25) is 0 Å². The molecule has 2 aromatic carbocycles. The first kappa shape index (κ1) is 18.2. The number of aromatic nitrogens is 1. The fourth-order valence-corrected chi connectivity index (χ4v) is 3.17. The van der Waals surface area contributed by atoms with Gasteiger partial charge in [0.25, 0.3) is 17.4 Å². The van der Waals surface area contributed by atoms with E-state index in [0.29, 0.717) is 0 Å². The van der Waals surface area contributed by atoms with Gasteiger partial charge < -0.3 is 10.5 Å². The topological polar surface area (TPSA) is 120 Å². The summed E-state index contributed by atoms with van der Waals surface area (Å²) in [6, 6.07) is 16.4. The molecule has 2 heterocycles. The monoisotopic (exact) mass is 389 g/mol. The zero-order valence-electron chi connectivity index (χ0n) is 15.0. The Morgan fingerprint density at radius 2 is 1.66 bits per heavy atom. The van der Waals surface area contributed by atoms with E-state index in [2.05, 4.69) is 5.32 Å². The summed E-state index contributed by atoms with van der Waals surface area (Å²) in [7, 11) is 0. The average Bonchev–Trinajstić information content (AvgIpc) is 3.00. The number of anilines is 1. The number of rotatable bonds is 4. The molecule has 3 aromatic rings. The first-order chi connectivity index (χ1) is 14.0. The van der Waals surface area contributed by atoms with Crippen LogP contribution in [0.4, 0.5) is 5.82 Å². The van der Waals surface area contributed by atoms with Crippen LogP contribution in [-0.4, -0.2) is 22.4 Å². The van der Waals surface area contributed by atoms with Crippen molar-refractivity contribution in [1.29, 1.82) is 0 Å². The Balaban J connectivity index is 1.75. The third-order valence-corrected chi connectivity index (χ3v) is 4.53. The van der Waals surface area contributed by atoms with E-state index in [1.54, 1.807) is 12.1 Å². The highest BCUT2D eigenvalue weighted by atomic mass is 16.5. The van der Waals surface area contributed by atoms with Crippen LogP contribution >= 0.6 is 0 Å². The van der Waals surface area contributed by atoms with Crippen LogP contribution < -0.4 is 16.6 Å². The van der Waals surface area contributed by atoms with E-state index in [1.165, 1.54) is 12.1 Å². The maximum atomic E-state index is 12.7. The number of esters is 1. The summed E-state index contributed by atoms with van der Waals surface area (Å²) >= 11 is 0. The summed E-state index contributed by atoms with van der Waals surface area (Å²) in [6.07, 6.45) is 0. The van der Waals surface area contributed by atoms with Gasteiger partial charge in [-0.05, 0) is 17.7 Å². The second kappa shape index (κ2) is 7.08. The minimum Gasteiger partial charge on any atom is -0.457 e. The molecule has 8 nitrogen and oxygen atoms in total. The zero-order valence-corrected chi connectivity index (χ0v) is 15.0. The molecular formula is C21H15N3O5. The molecule has 0 saturated heterocycles. The second-order valence-electron chi connectivity index (χ2n) is 6.35. The summed E-state index contributed by atoms with van der Waals surface area (Å²) in [6.45, 7) is 0.0550. The molecule has 2 amide bonds. The zero-order chi connectivity index (χ0) is 20.5. The predicted molar refractivity (Wildman–Crippen MR) is 104 cm³/mol. The Labute approximate surface area is 164 Å². The number of pyridine rings is 1.